The Morgan fingerprint density at radius 1 is 1.75 bits per heavy atom. The van der Waals surface area contributed by atoms with Crippen LogP contribution >= 0.6 is 0 Å². The second-order valence-electron chi connectivity index (χ2n) is 2.16. The summed E-state index contributed by atoms with van der Waals surface area (Å²) in [7, 11) is 0. The van der Waals surface area contributed by atoms with E-state index in [0.717, 1.165) is 0 Å². The van der Waals surface area contributed by atoms with E-state index < -0.39 is 17.6 Å². The number of carboxylic acids is 1. The number of carbonyl (C=O) groups is 1. The molecule has 0 saturated carbocycles. The molecule has 1 atom stereocenters. The first-order valence-corrected chi connectivity index (χ1v) is 3.15. The summed E-state index contributed by atoms with van der Waals surface area (Å²) in [6.07, 6.45) is 1.28. The molecule has 0 radical (unpaired) electrons. The maximum absolute atomic E-state index is 10.9. The number of nitrogens with one attached hydrogen (secondary N) is 1. The van der Waals surface area contributed by atoms with Crippen LogP contribution in [0.1, 0.15) is 11.6 Å². The van der Waals surface area contributed by atoms with Crippen molar-refractivity contribution in [2.45, 2.75) is 6.04 Å². The molecule has 0 aromatic carbocycles. The van der Waals surface area contributed by atoms with Crippen LogP contribution in [0.15, 0.2) is 17.1 Å². The average Bonchev–Trinajstić information content (AvgIpc) is 2.04. The minimum atomic E-state index is -1.29. The summed E-state index contributed by atoms with van der Waals surface area (Å²) >= 11 is 0. The molecular formula is C6H7N3O3. The van der Waals surface area contributed by atoms with Crippen LogP contribution in [-0.2, 0) is 4.79 Å². The van der Waals surface area contributed by atoms with Crippen LogP contribution in [0.3, 0.4) is 0 Å². The smallest absolute Gasteiger partial charge is 0.325 e. The molecule has 0 bridgehead atoms. The molecule has 1 rings (SSSR count). The molecule has 1 aromatic rings. The molecule has 4 N–H and O–H groups in total. The monoisotopic (exact) mass is 169 g/mol. The quantitative estimate of drug-likeness (QED) is 0.518. The zero-order valence-corrected chi connectivity index (χ0v) is 6.02. The minimum absolute atomic E-state index is 0.00231. The number of H-pyrrole nitrogens is 1. The average molecular weight is 169 g/mol. The van der Waals surface area contributed by atoms with Crippen LogP contribution in [0.25, 0.3) is 0 Å². The van der Waals surface area contributed by atoms with Crippen molar-refractivity contribution in [2.24, 2.45) is 5.73 Å². The SMILES string of the molecule is N[C@H](C(=O)O)c1ccn[nH]c1=O. The van der Waals surface area contributed by atoms with Gasteiger partial charge in [-0.1, -0.05) is 0 Å². The van der Waals surface area contributed by atoms with Gasteiger partial charge in [-0.3, -0.25) is 9.59 Å². The van der Waals surface area contributed by atoms with E-state index in [1.807, 2.05) is 0 Å². The van der Waals surface area contributed by atoms with Gasteiger partial charge in [-0.05, 0) is 6.07 Å². The lowest BCUT2D eigenvalue weighted by molar-refractivity contribution is -0.138. The number of aliphatic carboxylic acids is 1. The van der Waals surface area contributed by atoms with Crippen molar-refractivity contribution in [1.82, 2.24) is 10.2 Å². The van der Waals surface area contributed by atoms with Gasteiger partial charge in [0.15, 0.2) is 0 Å². The van der Waals surface area contributed by atoms with Crippen LogP contribution in [-0.4, -0.2) is 21.3 Å². The molecule has 6 nitrogen and oxygen atoms in total. The topological polar surface area (TPSA) is 109 Å². The molecule has 0 amide bonds. The standard InChI is InChI=1S/C6H7N3O3/c7-4(6(11)12)3-1-2-8-9-5(3)10/h1-2,4H,7H2,(H,9,10)(H,11,12)/t4-/m0/s1. The van der Waals surface area contributed by atoms with E-state index in [1.165, 1.54) is 12.3 Å². The fourth-order valence-electron chi connectivity index (χ4n) is 0.732. The third-order valence-electron chi connectivity index (χ3n) is 1.36. The molecule has 6 heteroatoms. The molecule has 0 spiro atoms. The lowest BCUT2D eigenvalue weighted by Gasteiger charge is -2.02. The molecular weight excluding hydrogens is 162 g/mol. The highest BCUT2D eigenvalue weighted by Crippen LogP contribution is 2.01. The van der Waals surface area contributed by atoms with Crippen molar-refractivity contribution in [3.05, 3.63) is 28.2 Å². The van der Waals surface area contributed by atoms with Crippen LogP contribution in [0.5, 0.6) is 0 Å². The Balaban J connectivity index is 3.11. The van der Waals surface area contributed by atoms with Gasteiger partial charge in [-0.2, -0.15) is 5.10 Å². The number of aromatic nitrogens is 2. The molecule has 0 aliphatic heterocycles. The van der Waals surface area contributed by atoms with Crippen LogP contribution in [0.2, 0.25) is 0 Å². The number of hydrogen-bond donors (Lipinski definition) is 3. The Hall–Kier alpha value is -1.69. The Kier molecular flexibility index (Phi) is 2.20. The van der Waals surface area contributed by atoms with E-state index in [0.29, 0.717) is 0 Å². The van der Waals surface area contributed by atoms with Gasteiger partial charge in [-0.15, -0.1) is 0 Å². The van der Waals surface area contributed by atoms with Crippen molar-refractivity contribution in [2.75, 3.05) is 0 Å². The number of rotatable bonds is 2. The largest absolute Gasteiger partial charge is 0.480 e. The molecule has 0 saturated heterocycles. The highest BCUT2D eigenvalue weighted by molar-refractivity contribution is 5.74. The molecule has 0 unspecified atom stereocenters. The van der Waals surface area contributed by atoms with E-state index in [2.05, 4.69) is 10.2 Å². The van der Waals surface area contributed by atoms with Gasteiger partial charge in [0.05, 0.1) is 0 Å². The zero-order valence-electron chi connectivity index (χ0n) is 6.02. The van der Waals surface area contributed by atoms with Crippen LogP contribution in [0.4, 0.5) is 0 Å². The maximum atomic E-state index is 10.9. The second kappa shape index (κ2) is 3.14. The first-order chi connectivity index (χ1) is 5.63. The highest BCUT2D eigenvalue weighted by atomic mass is 16.4. The Morgan fingerprint density at radius 3 is 2.92 bits per heavy atom. The van der Waals surface area contributed by atoms with Crippen molar-refractivity contribution in [1.29, 1.82) is 0 Å². The number of aromatic amines is 1. The van der Waals surface area contributed by atoms with E-state index in [4.69, 9.17) is 10.8 Å². The van der Waals surface area contributed by atoms with E-state index in [1.54, 1.807) is 0 Å². The molecule has 64 valence electrons. The highest BCUT2D eigenvalue weighted by Gasteiger charge is 2.16. The van der Waals surface area contributed by atoms with Crippen molar-refractivity contribution in [3.8, 4) is 0 Å². The third kappa shape index (κ3) is 1.48. The van der Waals surface area contributed by atoms with Crippen LogP contribution in [0, 0.1) is 0 Å². The summed E-state index contributed by atoms with van der Waals surface area (Å²) in [6.45, 7) is 0. The van der Waals surface area contributed by atoms with Crippen molar-refractivity contribution in [3.63, 3.8) is 0 Å². The molecule has 0 aliphatic carbocycles. The number of hydrogen-bond acceptors (Lipinski definition) is 4. The lowest BCUT2D eigenvalue weighted by atomic mass is 10.1. The van der Waals surface area contributed by atoms with Gasteiger partial charge < -0.3 is 10.8 Å². The fraction of sp³-hybridized carbons (Fsp3) is 0.167. The Labute approximate surface area is 67.0 Å². The minimum Gasteiger partial charge on any atom is -0.480 e. The van der Waals surface area contributed by atoms with Gasteiger partial charge in [0.1, 0.15) is 6.04 Å². The third-order valence-corrected chi connectivity index (χ3v) is 1.36. The van der Waals surface area contributed by atoms with E-state index in [9.17, 15) is 9.59 Å². The van der Waals surface area contributed by atoms with Crippen LogP contribution < -0.4 is 11.3 Å². The molecule has 0 aliphatic rings. The Morgan fingerprint density at radius 2 is 2.42 bits per heavy atom. The van der Waals surface area contributed by atoms with Gasteiger partial charge in [0, 0.05) is 11.8 Å². The fourth-order valence-corrected chi connectivity index (χ4v) is 0.732. The zero-order chi connectivity index (χ0) is 9.14. The van der Waals surface area contributed by atoms with Gasteiger partial charge in [-0.25, -0.2) is 5.10 Å². The molecule has 1 aromatic heterocycles. The first kappa shape index (κ1) is 8.41. The molecule has 1 heterocycles. The Bertz CT molecular complexity index is 346. The first-order valence-electron chi connectivity index (χ1n) is 3.15. The number of nitrogens with zero attached hydrogens (tertiary/aromatic N) is 1. The van der Waals surface area contributed by atoms with Gasteiger partial charge >= 0.3 is 5.97 Å². The summed E-state index contributed by atoms with van der Waals surface area (Å²) in [5, 5.41) is 13.9. The summed E-state index contributed by atoms with van der Waals surface area (Å²) in [4.78, 5) is 21.3. The second-order valence-corrected chi connectivity index (χ2v) is 2.16. The number of nitrogens with two attached hydrogens (primary N) is 1. The summed E-state index contributed by atoms with van der Waals surface area (Å²) in [6, 6.07) is -0.0193. The lowest BCUT2D eigenvalue weighted by Crippen LogP contribution is -2.28. The normalized spacial score (nSPS) is 12.4. The predicted molar refractivity (Wildman–Crippen MR) is 39.4 cm³/mol. The molecule has 0 fully saturated rings. The van der Waals surface area contributed by atoms with Gasteiger partial charge in [0.2, 0.25) is 0 Å². The van der Waals surface area contributed by atoms with Crippen molar-refractivity contribution < 1.29 is 9.90 Å². The van der Waals surface area contributed by atoms with Gasteiger partial charge in [0.25, 0.3) is 5.56 Å². The number of carboxylic acid groups (broad SMARTS) is 1. The maximum Gasteiger partial charge on any atom is 0.325 e. The van der Waals surface area contributed by atoms with E-state index >= 15 is 0 Å². The predicted octanol–water partition coefficient (Wildman–Crippen LogP) is -1.15. The summed E-state index contributed by atoms with van der Waals surface area (Å²) < 4.78 is 0. The van der Waals surface area contributed by atoms with Crippen molar-refractivity contribution >= 4 is 5.97 Å². The van der Waals surface area contributed by atoms with E-state index in [-0.39, 0.29) is 5.56 Å². The summed E-state index contributed by atoms with van der Waals surface area (Å²) in [5.74, 6) is -1.24. The summed E-state index contributed by atoms with van der Waals surface area (Å²) in [5.41, 5.74) is 4.61. The molecule has 12 heavy (non-hydrogen) atoms.